The second-order valence-electron chi connectivity index (χ2n) is 5.11. The van der Waals surface area contributed by atoms with E-state index in [1.165, 1.54) is 29.2 Å². The van der Waals surface area contributed by atoms with Gasteiger partial charge in [0.05, 0.1) is 24.0 Å². The Kier molecular flexibility index (Phi) is 4.11. The van der Waals surface area contributed by atoms with Crippen molar-refractivity contribution in [1.29, 1.82) is 5.26 Å². The summed E-state index contributed by atoms with van der Waals surface area (Å²) in [6.45, 7) is 0.104. The number of nitrogens with zero attached hydrogens (tertiary/aromatic N) is 4. The molecule has 9 heteroatoms. The first-order valence-electron chi connectivity index (χ1n) is 7.01. The van der Waals surface area contributed by atoms with Crippen molar-refractivity contribution in [2.45, 2.75) is 12.5 Å². The second kappa shape index (κ2) is 6.37. The van der Waals surface area contributed by atoms with Crippen LogP contribution in [0.4, 0.5) is 9.18 Å². The number of carboxylic acid groups (broad SMARTS) is 1. The molecule has 0 bridgehead atoms. The van der Waals surface area contributed by atoms with Gasteiger partial charge in [0.15, 0.2) is 6.10 Å². The standard InChI is InChI=1S/C15H12FN5O3/c16-12-3-10(13-4-11(24-20-13)7-18-15(22)23)1-2-14(12)21-8-9(5-17)6-19-21/h1-3,6,8,11,18H,4,7H2,(H,22,23)/t11-/m1/s1. The maximum atomic E-state index is 14.3. The summed E-state index contributed by atoms with van der Waals surface area (Å²) in [6.07, 6.45) is 1.60. The first-order valence-corrected chi connectivity index (χ1v) is 7.01. The van der Waals surface area contributed by atoms with Crippen molar-refractivity contribution in [3.8, 4) is 11.8 Å². The Balaban J connectivity index is 1.74. The van der Waals surface area contributed by atoms with Crippen molar-refractivity contribution in [2.75, 3.05) is 6.54 Å². The van der Waals surface area contributed by atoms with E-state index in [-0.39, 0.29) is 12.2 Å². The third kappa shape index (κ3) is 3.17. The molecular weight excluding hydrogens is 317 g/mol. The number of halogens is 1. The van der Waals surface area contributed by atoms with Crippen LogP contribution in [0.25, 0.3) is 5.69 Å². The van der Waals surface area contributed by atoms with Gasteiger partial charge in [-0.2, -0.15) is 10.4 Å². The largest absolute Gasteiger partial charge is 0.465 e. The molecule has 1 amide bonds. The molecule has 0 spiro atoms. The molecule has 1 aliphatic heterocycles. The van der Waals surface area contributed by atoms with Crippen LogP contribution >= 0.6 is 0 Å². The molecule has 1 atom stereocenters. The van der Waals surface area contributed by atoms with Crippen LogP contribution < -0.4 is 5.32 Å². The van der Waals surface area contributed by atoms with Gasteiger partial charge in [-0.15, -0.1) is 0 Å². The zero-order valence-corrected chi connectivity index (χ0v) is 12.3. The van der Waals surface area contributed by atoms with Gasteiger partial charge in [-0.25, -0.2) is 13.9 Å². The highest BCUT2D eigenvalue weighted by Crippen LogP contribution is 2.20. The highest BCUT2D eigenvalue weighted by Gasteiger charge is 2.23. The molecule has 1 aromatic heterocycles. The van der Waals surface area contributed by atoms with E-state index in [1.54, 1.807) is 6.07 Å². The first kappa shape index (κ1) is 15.5. The molecule has 122 valence electrons. The zero-order valence-electron chi connectivity index (χ0n) is 12.3. The number of aromatic nitrogens is 2. The van der Waals surface area contributed by atoms with Crippen LogP contribution in [0.3, 0.4) is 0 Å². The molecular formula is C15H12FN5O3. The van der Waals surface area contributed by atoms with Gasteiger partial charge in [-0.3, -0.25) is 0 Å². The van der Waals surface area contributed by atoms with E-state index in [1.807, 2.05) is 6.07 Å². The van der Waals surface area contributed by atoms with Crippen LogP contribution in [0.2, 0.25) is 0 Å². The SMILES string of the molecule is N#Cc1cnn(-c2ccc(C3=NO[C@@H](CNC(=O)O)C3)cc2F)c1. The average molecular weight is 329 g/mol. The van der Waals surface area contributed by atoms with Gasteiger partial charge in [-0.05, 0) is 12.1 Å². The van der Waals surface area contributed by atoms with Crippen LogP contribution in [0.5, 0.6) is 0 Å². The molecule has 0 fully saturated rings. The zero-order chi connectivity index (χ0) is 17.1. The summed E-state index contributed by atoms with van der Waals surface area (Å²) in [5.41, 5.74) is 1.63. The Morgan fingerprint density at radius 1 is 1.58 bits per heavy atom. The fraction of sp³-hybridized carbons (Fsp3) is 0.200. The summed E-state index contributed by atoms with van der Waals surface area (Å²) in [7, 11) is 0. The summed E-state index contributed by atoms with van der Waals surface area (Å²) >= 11 is 0. The van der Waals surface area contributed by atoms with Gasteiger partial charge in [-0.1, -0.05) is 11.2 Å². The van der Waals surface area contributed by atoms with Crippen LogP contribution in [0, 0.1) is 17.1 Å². The molecule has 24 heavy (non-hydrogen) atoms. The van der Waals surface area contributed by atoms with Crippen LogP contribution in [-0.4, -0.2) is 39.3 Å². The molecule has 8 nitrogen and oxygen atoms in total. The molecule has 0 aliphatic carbocycles. The van der Waals surface area contributed by atoms with Crippen LogP contribution in [0.1, 0.15) is 17.5 Å². The minimum Gasteiger partial charge on any atom is -0.465 e. The highest BCUT2D eigenvalue weighted by molar-refractivity contribution is 6.01. The Morgan fingerprint density at radius 3 is 3.08 bits per heavy atom. The van der Waals surface area contributed by atoms with Gasteiger partial charge in [0, 0.05) is 18.2 Å². The Morgan fingerprint density at radius 2 is 2.42 bits per heavy atom. The lowest BCUT2D eigenvalue weighted by Crippen LogP contribution is -2.30. The quantitative estimate of drug-likeness (QED) is 0.885. The summed E-state index contributed by atoms with van der Waals surface area (Å²) < 4.78 is 15.6. The molecule has 2 aromatic rings. The van der Waals surface area contributed by atoms with Crippen molar-refractivity contribution in [3.63, 3.8) is 0 Å². The molecule has 1 aliphatic rings. The smallest absolute Gasteiger partial charge is 0.404 e. The molecule has 0 saturated carbocycles. The summed E-state index contributed by atoms with van der Waals surface area (Å²) in [5.74, 6) is -0.519. The lowest BCUT2D eigenvalue weighted by Gasteiger charge is -2.07. The minimum atomic E-state index is -1.14. The average Bonchev–Trinajstić information content (AvgIpc) is 3.22. The third-order valence-corrected chi connectivity index (χ3v) is 3.45. The highest BCUT2D eigenvalue weighted by atomic mass is 19.1. The number of hydrogen-bond donors (Lipinski definition) is 2. The van der Waals surface area contributed by atoms with Crippen LogP contribution in [-0.2, 0) is 4.84 Å². The fourth-order valence-corrected chi connectivity index (χ4v) is 2.29. The summed E-state index contributed by atoms with van der Waals surface area (Å²) in [5, 5.41) is 27.4. The van der Waals surface area contributed by atoms with Gasteiger partial charge in [0.25, 0.3) is 0 Å². The Bertz CT molecular complexity index is 855. The Hall–Kier alpha value is -3.41. The second-order valence-corrected chi connectivity index (χ2v) is 5.11. The van der Waals surface area contributed by atoms with Crippen molar-refractivity contribution in [2.24, 2.45) is 5.16 Å². The minimum absolute atomic E-state index is 0.104. The predicted molar refractivity (Wildman–Crippen MR) is 80.3 cm³/mol. The maximum absolute atomic E-state index is 14.3. The molecule has 2 heterocycles. The van der Waals surface area contributed by atoms with Gasteiger partial charge in [0.1, 0.15) is 17.6 Å². The number of hydrogen-bond acceptors (Lipinski definition) is 5. The summed E-state index contributed by atoms with van der Waals surface area (Å²) in [4.78, 5) is 15.6. The van der Waals surface area contributed by atoms with E-state index < -0.39 is 18.0 Å². The van der Waals surface area contributed by atoms with E-state index in [4.69, 9.17) is 15.2 Å². The number of nitriles is 1. The van der Waals surface area contributed by atoms with Gasteiger partial charge >= 0.3 is 6.09 Å². The van der Waals surface area contributed by atoms with E-state index >= 15 is 0 Å². The van der Waals surface area contributed by atoms with Crippen molar-refractivity contribution < 1.29 is 19.1 Å². The molecule has 0 unspecified atom stereocenters. The third-order valence-electron chi connectivity index (χ3n) is 3.45. The van der Waals surface area contributed by atoms with Gasteiger partial charge < -0.3 is 15.3 Å². The number of carbonyl (C=O) groups is 1. The first-order chi connectivity index (χ1) is 11.6. The number of oxime groups is 1. The van der Waals surface area contributed by atoms with Crippen molar-refractivity contribution in [3.05, 3.63) is 47.5 Å². The Labute approximate surface area is 135 Å². The molecule has 0 saturated heterocycles. The number of rotatable bonds is 4. The number of benzene rings is 1. The van der Waals surface area contributed by atoms with E-state index in [2.05, 4.69) is 15.6 Å². The van der Waals surface area contributed by atoms with Crippen molar-refractivity contribution >= 4 is 11.8 Å². The van der Waals surface area contributed by atoms with Crippen molar-refractivity contribution in [1.82, 2.24) is 15.1 Å². The van der Waals surface area contributed by atoms with E-state index in [0.717, 1.165) is 0 Å². The molecule has 1 aromatic carbocycles. The topological polar surface area (TPSA) is 113 Å². The van der Waals surface area contributed by atoms with Gasteiger partial charge in [0.2, 0.25) is 0 Å². The monoisotopic (exact) mass is 329 g/mol. The molecule has 0 radical (unpaired) electrons. The van der Waals surface area contributed by atoms with E-state index in [9.17, 15) is 9.18 Å². The summed E-state index contributed by atoms with van der Waals surface area (Å²) in [6, 6.07) is 6.43. The van der Waals surface area contributed by atoms with Crippen LogP contribution in [0.15, 0.2) is 35.7 Å². The lowest BCUT2D eigenvalue weighted by molar-refractivity contribution is 0.0841. The predicted octanol–water partition coefficient (Wildman–Crippen LogP) is 1.64. The number of nitrogens with one attached hydrogen (secondary N) is 1. The van der Waals surface area contributed by atoms with E-state index in [0.29, 0.717) is 23.3 Å². The molecule has 2 N–H and O–H groups in total. The fourth-order valence-electron chi connectivity index (χ4n) is 2.29. The maximum Gasteiger partial charge on any atom is 0.404 e. The molecule has 3 rings (SSSR count). The number of amides is 1. The lowest BCUT2D eigenvalue weighted by atomic mass is 10.0. The normalized spacial score (nSPS) is 16.2.